The number of hydrogen-bond acceptors (Lipinski definition) is 3. The van der Waals surface area contributed by atoms with Crippen molar-refractivity contribution >= 4 is 38.0 Å². The third-order valence-electron chi connectivity index (χ3n) is 2.74. The highest BCUT2D eigenvalue weighted by Crippen LogP contribution is 2.23. The van der Waals surface area contributed by atoms with Gasteiger partial charge in [-0.15, -0.1) is 11.3 Å². The Bertz CT molecular complexity index is 763. The number of fused-ring (bicyclic) bond motifs is 1. The van der Waals surface area contributed by atoms with Crippen molar-refractivity contribution in [2.24, 2.45) is 0 Å². The van der Waals surface area contributed by atoms with Crippen molar-refractivity contribution in [2.45, 2.75) is 6.42 Å². The molecule has 1 N–H and O–H groups in total. The van der Waals surface area contributed by atoms with Gasteiger partial charge in [0.15, 0.2) is 0 Å². The lowest BCUT2D eigenvalue weighted by Gasteiger charge is -2.02. The molecule has 2 aromatic heterocycles. The van der Waals surface area contributed by atoms with Crippen molar-refractivity contribution in [3.63, 3.8) is 0 Å². The maximum atomic E-state index is 11.7. The Balaban J connectivity index is 2.12. The second kappa shape index (κ2) is 4.66. The molecule has 0 aliphatic heterocycles. The van der Waals surface area contributed by atoms with Gasteiger partial charge in [-0.05, 0) is 28.1 Å². The first kappa shape index (κ1) is 11.6. The van der Waals surface area contributed by atoms with Crippen LogP contribution in [0.5, 0.6) is 0 Å². The largest absolute Gasteiger partial charge is 0.272 e. The van der Waals surface area contributed by atoms with Crippen LogP contribution >= 0.6 is 27.3 Å². The second-order valence-corrected chi connectivity index (χ2v) is 5.86. The van der Waals surface area contributed by atoms with Crippen LogP contribution in [0.2, 0.25) is 0 Å². The summed E-state index contributed by atoms with van der Waals surface area (Å²) < 4.78 is 1.08. The van der Waals surface area contributed by atoms with E-state index in [0.29, 0.717) is 5.39 Å². The summed E-state index contributed by atoms with van der Waals surface area (Å²) in [4.78, 5) is 12.9. The Morgan fingerprint density at radius 2 is 2.06 bits per heavy atom. The molecule has 18 heavy (non-hydrogen) atoms. The molecule has 0 amide bonds. The molecule has 1 aromatic carbocycles. The van der Waals surface area contributed by atoms with Crippen molar-refractivity contribution in [3.8, 4) is 0 Å². The van der Waals surface area contributed by atoms with Gasteiger partial charge < -0.3 is 0 Å². The Morgan fingerprint density at radius 3 is 2.78 bits per heavy atom. The maximum absolute atomic E-state index is 11.7. The molecule has 0 unspecified atom stereocenters. The van der Waals surface area contributed by atoms with E-state index in [4.69, 9.17) is 0 Å². The zero-order valence-corrected chi connectivity index (χ0v) is 11.7. The van der Waals surface area contributed by atoms with E-state index in [9.17, 15) is 4.79 Å². The van der Waals surface area contributed by atoms with E-state index in [-0.39, 0.29) is 5.56 Å². The molecule has 5 heteroatoms. The van der Waals surface area contributed by atoms with E-state index in [1.807, 2.05) is 29.6 Å². The Kier molecular flexibility index (Phi) is 3.01. The van der Waals surface area contributed by atoms with Gasteiger partial charge in [-0.3, -0.25) is 4.79 Å². The molecule has 3 aromatic rings. The van der Waals surface area contributed by atoms with Crippen LogP contribution in [-0.2, 0) is 6.42 Å². The SMILES string of the molecule is O=c1[nH]nc(Cc2cc(Br)cs2)c2ccccc12. The van der Waals surface area contributed by atoms with E-state index in [1.165, 1.54) is 4.88 Å². The summed E-state index contributed by atoms with van der Waals surface area (Å²) in [7, 11) is 0. The summed E-state index contributed by atoms with van der Waals surface area (Å²) in [6, 6.07) is 9.63. The van der Waals surface area contributed by atoms with E-state index in [2.05, 4.69) is 32.2 Å². The Labute approximate surface area is 116 Å². The van der Waals surface area contributed by atoms with Gasteiger partial charge in [-0.25, -0.2) is 5.10 Å². The zero-order chi connectivity index (χ0) is 12.5. The minimum absolute atomic E-state index is 0.137. The van der Waals surface area contributed by atoms with Crippen molar-refractivity contribution in [1.29, 1.82) is 0 Å². The van der Waals surface area contributed by atoms with Crippen LogP contribution in [0.1, 0.15) is 10.6 Å². The Hall–Kier alpha value is -1.46. The fourth-order valence-electron chi connectivity index (χ4n) is 1.92. The smallest absolute Gasteiger partial charge is 0.267 e. The average Bonchev–Trinajstić information content (AvgIpc) is 2.79. The number of halogens is 1. The monoisotopic (exact) mass is 320 g/mol. The molecule has 0 aliphatic carbocycles. The number of aromatic nitrogens is 2. The van der Waals surface area contributed by atoms with Crippen LogP contribution in [-0.4, -0.2) is 10.2 Å². The standard InChI is InChI=1S/C13H9BrN2OS/c14-8-5-9(18-7-8)6-12-10-3-1-2-4-11(10)13(17)16-15-12/h1-5,7H,6H2,(H,16,17). The summed E-state index contributed by atoms with van der Waals surface area (Å²) in [5, 5.41) is 10.4. The lowest BCUT2D eigenvalue weighted by atomic mass is 10.1. The molecule has 0 radical (unpaired) electrons. The van der Waals surface area contributed by atoms with Gasteiger partial charge in [0.05, 0.1) is 11.1 Å². The first-order valence-corrected chi connectivity index (χ1v) is 7.10. The molecule has 3 rings (SSSR count). The maximum Gasteiger partial charge on any atom is 0.272 e. The van der Waals surface area contributed by atoms with Crippen LogP contribution in [0.15, 0.2) is 45.0 Å². The number of benzene rings is 1. The number of hydrogen-bond donors (Lipinski definition) is 1. The molecule has 3 nitrogen and oxygen atoms in total. The summed E-state index contributed by atoms with van der Waals surface area (Å²) in [6.07, 6.45) is 0.730. The fraction of sp³-hybridized carbons (Fsp3) is 0.0769. The van der Waals surface area contributed by atoms with Gasteiger partial charge >= 0.3 is 0 Å². The Morgan fingerprint density at radius 1 is 1.28 bits per heavy atom. The quantitative estimate of drug-likeness (QED) is 0.787. The summed E-state index contributed by atoms with van der Waals surface area (Å²) in [5.74, 6) is 0. The van der Waals surface area contributed by atoms with E-state index in [1.54, 1.807) is 11.3 Å². The van der Waals surface area contributed by atoms with Crippen LogP contribution in [0.3, 0.4) is 0 Å². The topological polar surface area (TPSA) is 45.8 Å². The predicted octanol–water partition coefficient (Wildman–Crippen LogP) is 3.34. The van der Waals surface area contributed by atoms with Gasteiger partial charge in [0.1, 0.15) is 0 Å². The summed E-state index contributed by atoms with van der Waals surface area (Å²) >= 11 is 5.12. The number of rotatable bonds is 2. The van der Waals surface area contributed by atoms with Gasteiger partial charge in [0, 0.05) is 26.5 Å². The molecule has 0 spiro atoms. The zero-order valence-electron chi connectivity index (χ0n) is 9.31. The highest BCUT2D eigenvalue weighted by Gasteiger charge is 2.07. The number of nitrogens with one attached hydrogen (secondary N) is 1. The molecular weight excluding hydrogens is 312 g/mol. The average molecular weight is 321 g/mol. The molecule has 0 saturated heterocycles. The highest BCUT2D eigenvalue weighted by atomic mass is 79.9. The van der Waals surface area contributed by atoms with Crippen molar-refractivity contribution in [2.75, 3.05) is 0 Å². The van der Waals surface area contributed by atoms with Crippen molar-refractivity contribution < 1.29 is 0 Å². The third kappa shape index (κ3) is 2.11. The van der Waals surface area contributed by atoms with Gasteiger partial charge in [0.2, 0.25) is 0 Å². The molecule has 0 atom stereocenters. The number of H-pyrrole nitrogens is 1. The van der Waals surface area contributed by atoms with Crippen LogP contribution < -0.4 is 5.56 Å². The molecule has 0 bridgehead atoms. The van der Waals surface area contributed by atoms with E-state index in [0.717, 1.165) is 22.0 Å². The lowest BCUT2D eigenvalue weighted by Crippen LogP contribution is -2.10. The molecule has 90 valence electrons. The van der Waals surface area contributed by atoms with Gasteiger partial charge in [-0.2, -0.15) is 5.10 Å². The summed E-state index contributed by atoms with van der Waals surface area (Å²) in [5.41, 5.74) is 0.765. The normalized spacial score (nSPS) is 10.9. The third-order valence-corrected chi connectivity index (χ3v) is 4.44. The predicted molar refractivity (Wildman–Crippen MR) is 77.2 cm³/mol. The minimum atomic E-state index is -0.137. The highest BCUT2D eigenvalue weighted by molar-refractivity contribution is 9.10. The molecule has 0 fully saturated rings. The lowest BCUT2D eigenvalue weighted by molar-refractivity contribution is 0.940. The first-order chi connectivity index (χ1) is 8.74. The number of aromatic amines is 1. The first-order valence-electron chi connectivity index (χ1n) is 5.43. The van der Waals surface area contributed by atoms with Gasteiger partial charge in [0.25, 0.3) is 5.56 Å². The molecule has 0 aliphatic rings. The molecule has 2 heterocycles. The molecule has 0 saturated carbocycles. The number of thiophene rings is 1. The van der Waals surface area contributed by atoms with Crippen LogP contribution in [0.25, 0.3) is 10.8 Å². The fourth-order valence-corrected chi connectivity index (χ4v) is 3.37. The number of nitrogens with zero attached hydrogens (tertiary/aromatic N) is 1. The second-order valence-electron chi connectivity index (χ2n) is 3.95. The summed E-state index contributed by atoms with van der Waals surface area (Å²) in [6.45, 7) is 0. The molecular formula is C13H9BrN2OS. The van der Waals surface area contributed by atoms with Gasteiger partial charge in [-0.1, -0.05) is 18.2 Å². The van der Waals surface area contributed by atoms with Crippen LogP contribution in [0, 0.1) is 0 Å². The minimum Gasteiger partial charge on any atom is -0.267 e. The van der Waals surface area contributed by atoms with E-state index < -0.39 is 0 Å². The van der Waals surface area contributed by atoms with Crippen LogP contribution in [0.4, 0.5) is 0 Å². The van der Waals surface area contributed by atoms with Crippen molar-refractivity contribution in [3.05, 3.63) is 61.1 Å². The van der Waals surface area contributed by atoms with Crippen molar-refractivity contribution in [1.82, 2.24) is 10.2 Å². The van der Waals surface area contributed by atoms with E-state index >= 15 is 0 Å².